The minimum Gasteiger partial charge on any atom is -0.486 e. The van der Waals surface area contributed by atoms with Crippen LogP contribution in [-0.2, 0) is 20.7 Å². The number of anilines is 2. The van der Waals surface area contributed by atoms with Crippen LogP contribution < -0.4 is 20.9 Å². The summed E-state index contributed by atoms with van der Waals surface area (Å²) in [4.78, 5) is 0.0138. The Hall–Kier alpha value is -4.39. The Morgan fingerprint density at radius 3 is 1.33 bits per heavy atom. The van der Waals surface area contributed by atoms with Crippen molar-refractivity contribution < 1.29 is 44.2 Å². The quantitative estimate of drug-likeness (QED) is 0.148. The molecule has 6 nitrogen and oxygen atoms in total. The Balaban J connectivity index is 1.69. The lowest BCUT2D eigenvalue weighted by molar-refractivity contribution is -0.288. The van der Waals surface area contributed by atoms with Crippen LogP contribution in [0.25, 0.3) is 0 Å². The molecule has 0 aliphatic rings. The van der Waals surface area contributed by atoms with Gasteiger partial charge in [0.1, 0.15) is 22.8 Å². The number of hydrogen-bond acceptors (Lipinski definition) is 6. The van der Waals surface area contributed by atoms with Gasteiger partial charge in [-0.05, 0) is 104 Å². The van der Waals surface area contributed by atoms with E-state index in [9.17, 15) is 34.8 Å². The summed E-state index contributed by atoms with van der Waals surface area (Å²) in [6.45, 7) is 10.9. The molecule has 4 aromatic rings. The number of sulfone groups is 1. The summed E-state index contributed by atoms with van der Waals surface area (Å²) < 4.78 is 126. The highest BCUT2D eigenvalue weighted by molar-refractivity contribution is 7.91. The fourth-order valence-electron chi connectivity index (χ4n) is 5.15. The maximum Gasteiger partial charge on any atom is 0.411 e. The Kier molecular flexibility index (Phi) is 9.30. The first kappa shape index (κ1) is 36.4. The molecule has 0 atom stereocenters. The van der Waals surface area contributed by atoms with Crippen LogP contribution in [-0.4, -0.2) is 26.4 Å². The second kappa shape index (κ2) is 12.2. The summed E-state index contributed by atoms with van der Waals surface area (Å²) >= 11 is 0. The molecule has 0 saturated carbocycles. The van der Waals surface area contributed by atoms with Gasteiger partial charge in [0, 0.05) is 0 Å². The smallest absolute Gasteiger partial charge is 0.411 e. The number of alkyl halides is 6. The minimum atomic E-state index is -5.88. The van der Waals surface area contributed by atoms with Crippen molar-refractivity contribution in [2.75, 3.05) is 11.5 Å². The number of ether oxygens (including phenoxy) is 2. The number of nitrogen functional groups attached to an aromatic ring is 2. The highest BCUT2D eigenvalue weighted by atomic mass is 32.2. The van der Waals surface area contributed by atoms with Gasteiger partial charge < -0.3 is 20.9 Å². The summed E-state index contributed by atoms with van der Waals surface area (Å²) in [5, 5.41) is 0. The molecule has 0 fully saturated rings. The number of rotatable bonds is 7. The van der Waals surface area contributed by atoms with E-state index in [2.05, 4.69) is 0 Å². The highest BCUT2D eigenvalue weighted by Crippen LogP contribution is 2.57. The average molecular weight is 695 g/mol. The maximum atomic E-state index is 14.7. The third-order valence-corrected chi connectivity index (χ3v) is 9.33. The van der Waals surface area contributed by atoms with E-state index in [1.807, 2.05) is 20.8 Å². The molecule has 0 aromatic heterocycles. The monoisotopic (exact) mass is 694 g/mol. The fraction of sp³-hybridized carbons (Fsp3) is 0.314. The first-order valence-corrected chi connectivity index (χ1v) is 16.1. The molecular weight excluding hydrogens is 658 g/mol. The van der Waals surface area contributed by atoms with Crippen LogP contribution >= 0.6 is 0 Å². The molecule has 0 unspecified atom stereocenters. The van der Waals surface area contributed by atoms with E-state index in [1.54, 1.807) is 32.9 Å². The Labute approximate surface area is 275 Å². The molecule has 258 valence electrons. The summed E-state index contributed by atoms with van der Waals surface area (Å²) in [6.07, 6.45) is -11.8. The lowest BCUT2D eigenvalue weighted by Crippen LogP contribution is -2.54. The zero-order valence-corrected chi connectivity index (χ0v) is 27.9. The van der Waals surface area contributed by atoms with E-state index < -0.39 is 55.7 Å². The Bertz CT molecular complexity index is 1880. The van der Waals surface area contributed by atoms with Crippen LogP contribution in [0, 0.1) is 0 Å². The van der Waals surface area contributed by atoms with Crippen molar-refractivity contribution in [1.82, 2.24) is 0 Å². The zero-order valence-electron chi connectivity index (χ0n) is 27.0. The van der Waals surface area contributed by atoms with E-state index >= 15 is 0 Å². The third-order valence-electron chi connectivity index (χ3n) is 7.54. The SMILES string of the molecule is CC(C)(C)Oc1ccc(C(c2ccc(Oc3ccc(S(=O)(=O)c4ccc(C(C)(C)C)cc4)cc3)c(N)c2)(C(F)(F)F)C(F)(F)F)cc1N. The van der Waals surface area contributed by atoms with Crippen molar-refractivity contribution >= 4 is 21.2 Å². The summed E-state index contributed by atoms with van der Waals surface area (Å²) in [6, 6.07) is 15.9. The number of halogens is 6. The molecule has 13 heteroatoms. The molecule has 48 heavy (non-hydrogen) atoms. The molecule has 4 N–H and O–H groups in total. The van der Waals surface area contributed by atoms with Crippen LogP contribution in [0.4, 0.5) is 37.7 Å². The van der Waals surface area contributed by atoms with Crippen molar-refractivity contribution in [1.29, 1.82) is 0 Å². The van der Waals surface area contributed by atoms with Crippen molar-refractivity contribution in [3.63, 3.8) is 0 Å². The standard InChI is InChI=1S/C35H36F6N2O4S/c1-31(2,3)21-7-13-25(14-8-21)48(44,45)26-15-11-24(12-16-26)46-29-17-9-22(19-27(29)42)33(34(36,37)38,35(39,40)41)23-10-18-30(28(43)20-23)47-32(4,5)6/h7-20H,42-43H2,1-6H3. The van der Waals surface area contributed by atoms with E-state index in [-0.39, 0.29) is 32.5 Å². The van der Waals surface area contributed by atoms with E-state index in [0.717, 1.165) is 17.7 Å². The summed E-state index contributed by atoms with van der Waals surface area (Å²) in [7, 11) is -3.90. The lowest BCUT2D eigenvalue weighted by atomic mass is 9.72. The zero-order chi connectivity index (χ0) is 36.1. The van der Waals surface area contributed by atoms with Gasteiger partial charge in [0.05, 0.1) is 21.2 Å². The minimum absolute atomic E-state index is 0.0385. The molecule has 0 saturated heterocycles. The van der Waals surface area contributed by atoms with Crippen LogP contribution in [0.15, 0.2) is 94.7 Å². The molecule has 4 rings (SSSR count). The maximum absolute atomic E-state index is 14.7. The van der Waals surface area contributed by atoms with Gasteiger partial charge in [0.2, 0.25) is 15.3 Å². The number of hydrogen-bond donors (Lipinski definition) is 2. The van der Waals surface area contributed by atoms with Crippen molar-refractivity contribution in [3.8, 4) is 17.2 Å². The molecule has 0 aliphatic carbocycles. The largest absolute Gasteiger partial charge is 0.486 e. The average Bonchev–Trinajstić information content (AvgIpc) is 2.94. The summed E-state index contributed by atoms with van der Waals surface area (Å²) in [5.41, 5.74) is 3.95. The van der Waals surface area contributed by atoms with Gasteiger partial charge in [-0.25, -0.2) is 8.42 Å². The van der Waals surface area contributed by atoms with Gasteiger partial charge >= 0.3 is 12.4 Å². The fourth-order valence-corrected chi connectivity index (χ4v) is 6.41. The molecular formula is C35H36F6N2O4S. The topological polar surface area (TPSA) is 105 Å². The van der Waals surface area contributed by atoms with Crippen LogP contribution in [0.5, 0.6) is 17.2 Å². The molecule has 0 heterocycles. The van der Waals surface area contributed by atoms with Gasteiger partial charge in [0.15, 0.2) is 0 Å². The van der Waals surface area contributed by atoms with Gasteiger partial charge in [-0.2, -0.15) is 26.3 Å². The molecule has 4 aromatic carbocycles. The van der Waals surface area contributed by atoms with E-state index in [0.29, 0.717) is 24.3 Å². The van der Waals surface area contributed by atoms with Crippen LogP contribution in [0.2, 0.25) is 0 Å². The predicted molar refractivity (Wildman–Crippen MR) is 172 cm³/mol. The first-order valence-electron chi connectivity index (χ1n) is 14.6. The van der Waals surface area contributed by atoms with E-state index in [1.165, 1.54) is 36.4 Å². The second-order valence-corrected chi connectivity index (χ2v) is 15.3. The Morgan fingerprint density at radius 2 is 0.958 bits per heavy atom. The molecule has 0 radical (unpaired) electrons. The van der Waals surface area contributed by atoms with Gasteiger partial charge in [0.25, 0.3) is 0 Å². The van der Waals surface area contributed by atoms with Gasteiger partial charge in [-0.1, -0.05) is 45.0 Å². The third kappa shape index (κ3) is 7.06. The van der Waals surface area contributed by atoms with Crippen molar-refractivity contribution in [2.24, 2.45) is 0 Å². The molecule has 0 bridgehead atoms. The predicted octanol–water partition coefficient (Wildman–Crippen LogP) is 9.36. The first-order chi connectivity index (χ1) is 21.9. The van der Waals surface area contributed by atoms with Gasteiger partial charge in [-0.3, -0.25) is 0 Å². The van der Waals surface area contributed by atoms with Gasteiger partial charge in [-0.15, -0.1) is 0 Å². The number of nitrogens with two attached hydrogens (primary N) is 2. The highest BCUT2D eigenvalue weighted by Gasteiger charge is 2.72. The molecule has 0 aliphatic heterocycles. The van der Waals surface area contributed by atoms with Crippen LogP contribution in [0.1, 0.15) is 58.2 Å². The summed E-state index contributed by atoms with van der Waals surface area (Å²) in [5.74, 6) is -0.291. The van der Waals surface area contributed by atoms with E-state index in [4.69, 9.17) is 20.9 Å². The van der Waals surface area contributed by atoms with Crippen molar-refractivity contribution in [3.05, 3.63) is 102 Å². The lowest BCUT2D eigenvalue weighted by Gasteiger charge is -2.38. The van der Waals surface area contributed by atoms with Crippen LogP contribution in [0.3, 0.4) is 0 Å². The molecule has 0 amide bonds. The second-order valence-electron chi connectivity index (χ2n) is 13.3. The number of benzene rings is 4. The molecule has 0 spiro atoms. The van der Waals surface area contributed by atoms with Crippen molar-refractivity contribution in [2.45, 2.75) is 80.1 Å². The normalized spacial score (nSPS) is 13.3. The Morgan fingerprint density at radius 1 is 0.562 bits per heavy atom.